The van der Waals surface area contributed by atoms with Gasteiger partial charge in [-0.3, -0.25) is 0 Å². The lowest BCUT2D eigenvalue weighted by Crippen LogP contribution is -2.34. The number of nitrogens with zero attached hydrogens (tertiary/aromatic N) is 5. The van der Waals surface area contributed by atoms with Crippen molar-refractivity contribution in [2.75, 3.05) is 26.4 Å². The summed E-state index contributed by atoms with van der Waals surface area (Å²) in [6.45, 7) is 5.87. The summed E-state index contributed by atoms with van der Waals surface area (Å²) in [6, 6.07) is 5.52. The number of thiophene rings is 1. The molecule has 40 heavy (non-hydrogen) atoms. The summed E-state index contributed by atoms with van der Waals surface area (Å²) in [6.07, 6.45) is 4.54. The molecule has 13 heteroatoms. The van der Waals surface area contributed by atoms with Crippen LogP contribution in [-0.4, -0.2) is 62.9 Å². The molecule has 5 rings (SSSR count). The van der Waals surface area contributed by atoms with Crippen molar-refractivity contribution in [3.63, 3.8) is 0 Å². The van der Waals surface area contributed by atoms with Gasteiger partial charge in [0.1, 0.15) is 41.0 Å². The molecular weight excluding hydrogens is 542 g/mol. The molecule has 1 amide bonds. The molecule has 0 fully saturated rings. The van der Waals surface area contributed by atoms with Crippen LogP contribution >= 0.6 is 11.3 Å². The van der Waals surface area contributed by atoms with E-state index in [4.69, 9.17) is 14.2 Å². The molecule has 0 aliphatic heterocycles. The van der Waals surface area contributed by atoms with E-state index >= 15 is 4.39 Å². The largest absolute Gasteiger partial charge is 0.490 e. The van der Waals surface area contributed by atoms with Gasteiger partial charge in [-0.15, -0.1) is 21.5 Å². The topological polar surface area (TPSA) is 113 Å². The van der Waals surface area contributed by atoms with E-state index < -0.39 is 23.3 Å². The second kappa shape index (κ2) is 11.5. The molecule has 0 spiro atoms. The number of amides is 1. The number of alkyl carbamates (subject to hydrolysis) is 1. The van der Waals surface area contributed by atoms with Crippen molar-refractivity contribution < 1.29 is 27.8 Å². The number of benzene rings is 1. The molecule has 0 aliphatic rings. The Morgan fingerprint density at radius 3 is 2.77 bits per heavy atom. The maximum Gasteiger partial charge on any atom is 0.407 e. The van der Waals surface area contributed by atoms with Crippen LogP contribution in [0.2, 0.25) is 0 Å². The third-order valence-electron chi connectivity index (χ3n) is 5.58. The van der Waals surface area contributed by atoms with Gasteiger partial charge in [-0.25, -0.2) is 23.1 Å². The van der Waals surface area contributed by atoms with E-state index in [1.807, 2.05) is 11.4 Å². The third-order valence-corrected chi connectivity index (χ3v) is 6.50. The molecule has 10 nitrogen and oxygen atoms in total. The zero-order valence-electron chi connectivity index (χ0n) is 22.0. The van der Waals surface area contributed by atoms with Crippen LogP contribution in [0.25, 0.3) is 38.2 Å². The number of carbonyl (C=O) groups is 1. The number of nitrogens with one attached hydrogen (secondary N) is 1. The number of carbonyl (C=O) groups excluding carboxylic acids is 1. The van der Waals surface area contributed by atoms with Crippen LogP contribution < -0.4 is 10.1 Å². The molecule has 208 valence electrons. The van der Waals surface area contributed by atoms with Crippen molar-refractivity contribution in [3.05, 3.63) is 59.9 Å². The molecule has 0 saturated heterocycles. The van der Waals surface area contributed by atoms with Crippen LogP contribution in [0, 0.1) is 11.6 Å². The fourth-order valence-electron chi connectivity index (χ4n) is 3.98. The van der Waals surface area contributed by atoms with Gasteiger partial charge in [0.15, 0.2) is 5.65 Å². The predicted octanol–water partition coefficient (Wildman–Crippen LogP) is 5.27. The van der Waals surface area contributed by atoms with Crippen molar-refractivity contribution in [2.24, 2.45) is 0 Å². The standard InChI is InChI=1S/C27H26F2N6O4S/c1-27(2,3)39-26(36)31-7-9-37-10-11-38-20-14-16(28)13-19(29)21(20)23-24-17(5-12-40-24)22(33-34-23)18-15-32-35-8-4-6-30-25(18)35/h4-6,8,12-15H,7,9-11H2,1-3H3,(H,31,36). The summed E-state index contributed by atoms with van der Waals surface area (Å²) in [4.78, 5) is 16.1. The minimum absolute atomic E-state index is 0.00233. The molecule has 0 atom stereocenters. The Labute approximate surface area is 231 Å². The van der Waals surface area contributed by atoms with Gasteiger partial charge >= 0.3 is 6.09 Å². The molecule has 0 unspecified atom stereocenters. The number of aromatic nitrogens is 5. The zero-order chi connectivity index (χ0) is 28.3. The van der Waals surface area contributed by atoms with E-state index in [1.165, 1.54) is 11.3 Å². The van der Waals surface area contributed by atoms with Gasteiger partial charge in [0, 0.05) is 36.5 Å². The minimum atomic E-state index is -0.827. The van der Waals surface area contributed by atoms with Gasteiger partial charge in [-0.1, -0.05) is 0 Å². The summed E-state index contributed by atoms with van der Waals surface area (Å²) >= 11 is 1.35. The van der Waals surface area contributed by atoms with Gasteiger partial charge in [0.05, 0.1) is 35.2 Å². The Bertz CT molecular complexity index is 1670. The molecule has 0 aliphatic carbocycles. The normalized spacial score (nSPS) is 11.7. The highest BCUT2D eigenvalue weighted by Gasteiger charge is 2.23. The van der Waals surface area contributed by atoms with Gasteiger partial charge in [-0.05, 0) is 38.3 Å². The molecule has 1 N–H and O–H groups in total. The van der Waals surface area contributed by atoms with Crippen molar-refractivity contribution in [1.82, 2.24) is 30.1 Å². The first-order chi connectivity index (χ1) is 19.2. The lowest BCUT2D eigenvalue weighted by Gasteiger charge is -2.19. The number of rotatable bonds is 9. The van der Waals surface area contributed by atoms with Crippen LogP contribution in [0.3, 0.4) is 0 Å². The minimum Gasteiger partial charge on any atom is -0.490 e. The lowest BCUT2D eigenvalue weighted by molar-refractivity contribution is 0.0489. The van der Waals surface area contributed by atoms with Crippen molar-refractivity contribution in [1.29, 1.82) is 0 Å². The summed E-state index contributed by atoms with van der Waals surface area (Å²) in [5.41, 5.74) is 1.46. The average Bonchev–Trinajstić information content (AvgIpc) is 3.55. The van der Waals surface area contributed by atoms with E-state index in [2.05, 4.69) is 25.6 Å². The molecule has 1 aromatic carbocycles. The summed E-state index contributed by atoms with van der Waals surface area (Å²) in [5.74, 6) is -1.64. The molecule has 0 saturated carbocycles. The Morgan fingerprint density at radius 2 is 1.95 bits per heavy atom. The average molecular weight is 569 g/mol. The number of halogens is 2. The molecule has 0 bridgehead atoms. The smallest absolute Gasteiger partial charge is 0.407 e. The lowest BCUT2D eigenvalue weighted by atomic mass is 10.1. The van der Waals surface area contributed by atoms with Crippen molar-refractivity contribution in [2.45, 2.75) is 26.4 Å². The van der Waals surface area contributed by atoms with Gasteiger partial charge in [0.2, 0.25) is 0 Å². The Balaban J connectivity index is 1.32. The van der Waals surface area contributed by atoms with Crippen molar-refractivity contribution in [3.8, 4) is 28.3 Å². The molecule has 0 radical (unpaired) electrons. The molecule has 4 heterocycles. The van der Waals surface area contributed by atoms with Crippen LogP contribution in [0.4, 0.5) is 13.6 Å². The third kappa shape index (κ3) is 6.00. The van der Waals surface area contributed by atoms with Gasteiger partial charge in [-0.2, -0.15) is 5.10 Å². The van der Waals surface area contributed by atoms with E-state index in [0.717, 1.165) is 17.5 Å². The van der Waals surface area contributed by atoms with Crippen molar-refractivity contribution >= 4 is 33.2 Å². The number of hydrogen-bond acceptors (Lipinski definition) is 9. The highest BCUT2D eigenvalue weighted by Crippen LogP contribution is 2.41. The second-order valence-corrected chi connectivity index (χ2v) is 10.6. The van der Waals surface area contributed by atoms with Gasteiger partial charge < -0.3 is 19.5 Å². The van der Waals surface area contributed by atoms with E-state index in [0.29, 0.717) is 21.6 Å². The summed E-state index contributed by atoms with van der Waals surface area (Å²) < 4.78 is 48.0. The quantitative estimate of drug-likeness (QED) is 0.240. The highest BCUT2D eigenvalue weighted by atomic mass is 32.1. The first kappa shape index (κ1) is 27.3. The first-order valence-corrected chi connectivity index (χ1v) is 13.3. The molecule has 4 aromatic heterocycles. The SMILES string of the molecule is CC(C)(C)OC(=O)NCCOCCOc1cc(F)cc(F)c1-c1nnc(-c2cnn3cccnc23)c2ccsc12. The Kier molecular flexibility index (Phi) is 7.85. The van der Waals surface area contributed by atoms with Crippen LogP contribution in [0.1, 0.15) is 20.8 Å². The molecular formula is C27H26F2N6O4S. The monoisotopic (exact) mass is 568 g/mol. The summed E-state index contributed by atoms with van der Waals surface area (Å²) in [7, 11) is 0. The zero-order valence-corrected chi connectivity index (χ0v) is 22.8. The van der Waals surface area contributed by atoms with Crippen LogP contribution in [0.15, 0.2) is 48.2 Å². The maximum atomic E-state index is 15.2. The van der Waals surface area contributed by atoms with E-state index in [9.17, 15) is 9.18 Å². The van der Waals surface area contributed by atoms with E-state index in [1.54, 1.807) is 49.9 Å². The molecule has 5 aromatic rings. The van der Waals surface area contributed by atoms with Gasteiger partial charge in [0.25, 0.3) is 0 Å². The number of ether oxygens (including phenoxy) is 3. The maximum absolute atomic E-state index is 15.2. The van der Waals surface area contributed by atoms with Crippen LogP contribution in [0.5, 0.6) is 5.75 Å². The number of fused-ring (bicyclic) bond motifs is 2. The Hall–Kier alpha value is -4.23. The predicted molar refractivity (Wildman–Crippen MR) is 145 cm³/mol. The van der Waals surface area contributed by atoms with Crippen LogP contribution in [-0.2, 0) is 9.47 Å². The second-order valence-electron chi connectivity index (χ2n) is 9.66. The fourth-order valence-corrected chi connectivity index (χ4v) is 4.87. The fraction of sp³-hybridized carbons (Fsp3) is 0.296. The summed E-state index contributed by atoms with van der Waals surface area (Å²) in [5, 5.41) is 18.2. The first-order valence-electron chi connectivity index (χ1n) is 12.4. The highest BCUT2D eigenvalue weighted by molar-refractivity contribution is 7.17. The number of hydrogen-bond donors (Lipinski definition) is 1. The van der Waals surface area contributed by atoms with E-state index in [-0.39, 0.29) is 43.4 Å². The Morgan fingerprint density at radius 1 is 1.12 bits per heavy atom.